The molecule has 0 saturated carbocycles. The molecule has 3 rings (SSSR count). The highest BCUT2D eigenvalue weighted by Crippen LogP contribution is 2.27. The van der Waals surface area contributed by atoms with Gasteiger partial charge in [-0.05, 0) is 24.3 Å². The molecule has 0 atom stereocenters. The lowest BCUT2D eigenvalue weighted by molar-refractivity contribution is -0.140. The second kappa shape index (κ2) is 5.63. The molecule has 0 unspecified atom stereocenters. The summed E-state index contributed by atoms with van der Waals surface area (Å²) >= 11 is 0. The Morgan fingerprint density at radius 3 is 2.45 bits per heavy atom. The van der Waals surface area contributed by atoms with Crippen LogP contribution < -0.4 is 0 Å². The molecule has 2 aromatic rings. The zero-order valence-corrected chi connectivity index (χ0v) is 11.3. The van der Waals surface area contributed by atoms with Crippen molar-refractivity contribution < 1.29 is 22.7 Å². The van der Waals surface area contributed by atoms with Gasteiger partial charge in [0, 0.05) is 16.7 Å². The molecule has 0 bridgehead atoms. The Morgan fingerprint density at radius 2 is 1.77 bits per heavy atom. The van der Waals surface area contributed by atoms with Gasteiger partial charge in [-0.15, -0.1) is 0 Å². The molecule has 0 saturated heterocycles. The van der Waals surface area contributed by atoms with Crippen molar-refractivity contribution in [3.05, 3.63) is 59.4 Å². The first-order valence-electron chi connectivity index (χ1n) is 6.49. The van der Waals surface area contributed by atoms with E-state index in [1.807, 2.05) is 0 Å². The Bertz CT molecular complexity index is 787. The number of halogens is 3. The summed E-state index contributed by atoms with van der Waals surface area (Å²) in [5, 5.41) is 0. The summed E-state index contributed by atoms with van der Waals surface area (Å²) in [5.74, 6) is -2.51. The molecule has 0 amide bonds. The summed E-state index contributed by atoms with van der Waals surface area (Å²) in [4.78, 5) is 14.9. The number of hydrogen-bond donors (Lipinski definition) is 0. The maximum Gasteiger partial charge on any atom is 0.328 e. The predicted molar refractivity (Wildman–Crippen MR) is 74.1 cm³/mol. The Labute approximate surface area is 124 Å². The van der Waals surface area contributed by atoms with E-state index < -0.39 is 23.4 Å². The topological polar surface area (TPSA) is 38.7 Å². The van der Waals surface area contributed by atoms with Crippen molar-refractivity contribution >= 4 is 11.7 Å². The summed E-state index contributed by atoms with van der Waals surface area (Å²) in [6, 6.07) is 6.89. The zero-order valence-electron chi connectivity index (χ0n) is 11.3. The molecular weight excluding hydrogens is 295 g/mol. The van der Waals surface area contributed by atoms with Crippen molar-refractivity contribution in [2.45, 2.75) is 0 Å². The van der Waals surface area contributed by atoms with Crippen LogP contribution >= 0.6 is 0 Å². The Kier molecular flexibility index (Phi) is 3.66. The minimum atomic E-state index is -0.711. The van der Waals surface area contributed by atoms with Gasteiger partial charge in [0.05, 0.1) is 5.71 Å². The molecule has 0 spiro atoms. The van der Waals surface area contributed by atoms with E-state index in [0.29, 0.717) is 11.3 Å². The molecule has 1 aliphatic rings. The fraction of sp³-hybridized carbons (Fsp3) is 0.125. The molecule has 0 fully saturated rings. The molecule has 0 aliphatic carbocycles. The van der Waals surface area contributed by atoms with Crippen LogP contribution in [0.15, 0.2) is 41.4 Å². The second-order valence-electron chi connectivity index (χ2n) is 4.74. The monoisotopic (exact) mass is 305 g/mol. The number of carbonyl (C=O) groups is 1. The van der Waals surface area contributed by atoms with Crippen LogP contribution in [0.1, 0.15) is 5.56 Å². The molecular formula is C16H10F3NO2. The standard InChI is InChI=1S/C16H10F3NO2/c17-10-2-4-13(18)12(6-10)11-3-1-9(5-14(11)19)15-8-22-16(21)7-20-15/h1-6H,7-8H2. The number of esters is 1. The van der Waals surface area contributed by atoms with Crippen LogP contribution in [-0.4, -0.2) is 24.8 Å². The van der Waals surface area contributed by atoms with Gasteiger partial charge in [-0.25, -0.2) is 13.2 Å². The maximum absolute atomic E-state index is 14.2. The Balaban J connectivity index is 1.99. The van der Waals surface area contributed by atoms with Gasteiger partial charge in [0.1, 0.15) is 30.6 Å². The number of hydrogen-bond acceptors (Lipinski definition) is 3. The third-order valence-corrected chi connectivity index (χ3v) is 3.29. The van der Waals surface area contributed by atoms with E-state index >= 15 is 0 Å². The molecule has 2 aromatic carbocycles. The van der Waals surface area contributed by atoms with Crippen LogP contribution in [0.2, 0.25) is 0 Å². The molecule has 112 valence electrons. The summed E-state index contributed by atoms with van der Waals surface area (Å²) in [5.41, 5.74) is 0.672. The quantitative estimate of drug-likeness (QED) is 0.800. The summed E-state index contributed by atoms with van der Waals surface area (Å²) in [6.45, 7) is -0.150. The highest BCUT2D eigenvalue weighted by Gasteiger charge is 2.17. The predicted octanol–water partition coefficient (Wildman–Crippen LogP) is 3.12. The average molecular weight is 305 g/mol. The minimum absolute atomic E-state index is 0.0358. The number of benzene rings is 2. The van der Waals surface area contributed by atoms with Gasteiger partial charge in [0.15, 0.2) is 0 Å². The summed E-state index contributed by atoms with van der Waals surface area (Å²) < 4.78 is 46.0. The van der Waals surface area contributed by atoms with Crippen molar-refractivity contribution in [1.29, 1.82) is 0 Å². The molecule has 1 heterocycles. The normalized spacial score (nSPS) is 14.5. The highest BCUT2D eigenvalue weighted by atomic mass is 19.1. The fourth-order valence-electron chi connectivity index (χ4n) is 2.19. The van der Waals surface area contributed by atoms with E-state index in [2.05, 4.69) is 4.99 Å². The molecule has 1 aliphatic heterocycles. The van der Waals surface area contributed by atoms with Gasteiger partial charge in [-0.3, -0.25) is 9.79 Å². The molecule has 0 aromatic heterocycles. The van der Waals surface area contributed by atoms with E-state index in [1.165, 1.54) is 12.1 Å². The third-order valence-electron chi connectivity index (χ3n) is 3.29. The number of aliphatic imine (C=N–C) groups is 1. The lowest BCUT2D eigenvalue weighted by Gasteiger charge is -2.14. The van der Waals surface area contributed by atoms with E-state index in [4.69, 9.17) is 4.74 Å². The lowest BCUT2D eigenvalue weighted by Crippen LogP contribution is -2.23. The first-order chi connectivity index (χ1) is 10.5. The fourth-order valence-corrected chi connectivity index (χ4v) is 2.19. The molecule has 0 radical (unpaired) electrons. The molecule has 3 nitrogen and oxygen atoms in total. The first kappa shape index (κ1) is 14.3. The van der Waals surface area contributed by atoms with Crippen molar-refractivity contribution in [2.75, 3.05) is 13.2 Å². The summed E-state index contributed by atoms with van der Waals surface area (Å²) in [7, 11) is 0. The maximum atomic E-state index is 14.2. The van der Waals surface area contributed by atoms with Crippen LogP contribution in [0.3, 0.4) is 0 Å². The number of ether oxygens (including phenoxy) is 1. The van der Waals surface area contributed by atoms with Crippen molar-refractivity contribution in [1.82, 2.24) is 0 Å². The Morgan fingerprint density at radius 1 is 0.955 bits per heavy atom. The number of cyclic esters (lactones) is 1. The number of nitrogens with zero attached hydrogens (tertiary/aromatic N) is 1. The van der Waals surface area contributed by atoms with Crippen LogP contribution in [0.4, 0.5) is 13.2 Å². The van der Waals surface area contributed by atoms with E-state index in [1.54, 1.807) is 0 Å². The van der Waals surface area contributed by atoms with Gasteiger partial charge in [-0.2, -0.15) is 0 Å². The lowest BCUT2D eigenvalue weighted by atomic mass is 10.0. The second-order valence-corrected chi connectivity index (χ2v) is 4.74. The Hall–Kier alpha value is -2.63. The largest absolute Gasteiger partial charge is 0.458 e. The van der Waals surface area contributed by atoms with E-state index in [-0.39, 0.29) is 24.3 Å². The molecule has 0 N–H and O–H groups in total. The van der Waals surface area contributed by atoms with Crippen LogP contribution in [0.25, 0.3) is 11.1 Å². The van der Waals surface area contributed by atoms with Gasteiger partial charge in [-0.1, -0.05) is 12.1 Å². The first-order valence-corrected chi connectivity index (χ1v) is 6.49. The van der Waals surface area contributed by atoms with Crippen LogP contribution in [-0.2, 0) is 9.53 Å². The van der Waals surface area contributed by atoms with Crippen LogP contribution in [0.5, 0.6) is 0 Å². The minimum Gasteiger partial charge on any atom is -0.458 e. The van der Waals surface area contributed by atoms with E-state index in [0.717, 1.165) is 24.3 Å². The van der Waals surface area contributed by atoms with Crippen molar-refractivity contribution in [3.8, 4) is 11.1 Å². The number of carbonyl (C=O) groups excluding carboxylic acids is 1. The SMILES string of the molecule is O=C1CN=C(c2ccc(-c3cc(F)ccc3F)c(F)c2)CO1. The highest BCUT2D eigenvalue weighted by molar-refractivity contribution is 6.04. The van der Waals surface area contributed by atoms with Gasteiger partial charge >= 0.3 is 5.97 Å². The number of rotatable bonds is 2. The van der Waals surface area contributed by atoms with Crippen molar-refractivity contribution in [3.63, 3.8) is 0 Å². The van der Waals surface area contributed by atoms with Gasteiger partial charge in [0.25, 0.3) is 0 Å². The average Bonchev–Trinajstić information content (AvgIpc) is 2.51. The molecule has 6 heteroatoms. The zero-order chi connectivity index (χ0) is 15.7. The van der Waals surface area contributed by atoms with Crippen LogP contribution in [0, 0.1) is 17.5 Å². The third kappa shape index (κ3) is 2.72. The van der Waals surface area contributed by atoms with E-state index in [9.17, 15) is 18.0 Å². The smallest absolute Gasteiger partial charge is 0.328 e. The van der Waals surface area contributed by atoms with Crippen molar-refractivity contribution in [2.24, 2.45) is 4.99 Å². The summed E-state index contributed by atoms with van der Waals surface area (Å²) in [6.07, 6.45) is 0. The molecule has 22 heavy (non-hydrogen) atoms. The van der Waals surface area contributed by atoms with Gasteiger partial charge in [0.2, 0.25) is 0 Å². The van der Waals surface area contributed by atoms with Gasteiger partial charge < -0.3 is 4.74 Å².